The quantitative estimate of drug-likeness (QED) is 0.678. The summed E-state index contributed by atoms with van der Waals surface area (Å²) >= 11 is 0. The zero-order valence-electron chi connectivity index (χ0n) is 15.7. The molecule has 0 amide bonds. The van der Waals surface area contributed by atoms with Crippen LogP contribution in [0.2, 0.25) is 0 Å². The van der Waals surface area contributed by atoms with Crippen LogP contribution in [0.5, 0.6) is 5.75 Å². The third kappa shape index (κ3) is 7.90. The van der Waals surface area contributed by atoms with Crippen molar-refractivity contribution in [3.63, 3.8) is 0 Å². The third-order valence-electron chi connectivity index (χ3n) is 3.34. The molecule has 0 saturated heterocycles. The summed E-state index contributed by atoms with van der Waals surface area (Å²) in [4.78, 5) is 11.6. The molecule has 0 radical (unpaired) electrons. The molecule has 0 aliphatic heterocycles. The number of Topliss-reactive ketones (excluding diaryl/α,β-unsaturated/α-hetero) is 1. The monoisotopic (exact) mass is 337 g/mol. The minimum atomic E-state index is -0.615. The molecule has 0 aliphatic carbocycles. The lowest BCUT2D eigenvalue weighted by molar-refractivity contribution is 0.0614. The molecule has 1 atom stereocenters. The van der Waals surface area contributed by atoms with Crippen LogP contribution in [0, 0.1) is 0 Å². The second-order valence-corrected chi connectivity index (χ2v) is 7.33. The summed E-state index contributed by atoms with van der Waals surface area (Å²) in [7, 11) is 0. The van der Waals surface area contributed by atoms with Crippen molar-refractivity contribution in [2.45, 2.75) is 65.9 Å². The summed E-state index contributed by atoms with van der Waals surface area (Å²) in [5.41, 5.74) is 1.38. The normalized spacial score (nSPS) is 13.2. The molecule has 0 heterocycles. The Labute approximate surface area is 145 Å². The first-order valence-electron chi connectivity index (χ1n) is 8.40. The number of aliphatic hydroxyl groups excluding tert-OH is 1. The largest absolute Gasteiger partial charge is 0.490 e. The molecule has 136 valence electrons. The Bertz CT molecular complexity index is 535. The van der Waals surface area contributed by atoms with Gasteiger partial charge in [-0.2, -0.15) is 0 Å². The summed E-state index contributed by atoms with van der Waals surface area (Å²) in [6.07, 6.45) is -0.531. The number of rotatable bonds is 9. The second kappa shape index (κ2) is 9.16. The molecule has 0 fully saturated rings. The lowest BCUT2D eigenvalue weighted by Gasteiger charge is -2.23. The average Bonchev–Trinajstić information content (AvgIpc) is 2.48. The van der Waals surface area contributed by atoms with Crippen LogP contribution in [-0.2, 0) is 11.3 Å². The summed E-state index contributed by atoms with van der Waals surface area (Å²) in [6.45, 7) is 12.6. The van der Waals surface area contributed by atoms with Crippen LogP contribution in [0.25, 0.3) is 0 Å². The SMILES string of the molecule is CC(=O)c1ccc(OCC(O)CNC(C)(C)C)c(COC(C)C)c1. The van der Waals surface area contributed by atoms with Crippen LogP contribution in [0.1, 0.15) is 57.5 Å². The highest BCUT2D eigenvalue weighted by Crippen LogP contribution is 2.22. The molecule has 0 bridgehead atoms. The van der Waals surface area contributed by atoms with Gasteiger partial charge < -0.3 is 19.9 Å². The fourth-order valence-electron chi connectivity index (χ4n) is 1.98. The zero-order valence-corrected chi connectivity index (χ0v) is 15.7. The third-order valence-corrected chi connectivity index (χ3v) is 3.34. The molecule has 2 N–H and O–H groups in total. The van der Waals surface area contributed by atoms with Crippen molar-refractivity contribution in [2.75, 3.05) is 13.2 Å². The van der Waals surface area contributed by atoms with Gasteiger partial charge in [-0.25, -0.2) is 0 Å². The number of benzene rings is 1. The van der Waals surface area contributed by atoms with Gasteiger partial charge in [-0.05, 0) is 59.7 Å². The van der Waals surface area contributed by atoms with Crippen LogP contribution in [0.15, 0.2) is 18.2 Å². The van der Waals surface area contributed by atoms with Crippen molar-refractivity contribution in [3.05, 3.63) is 29.3 Å². The maximum atomic E-state index is 11.6. The molecule has 0 spiro atoms. The molecule has 0 saturated carbocycles. The van der Waals surface area contributed by atoms with Gasteiger partial charge in [-0.15, -0.1) is 0 Å². The first-order valence-corrected chi connectivity index (χ1v) is 8.40. The van der Waals surface area contributed by atoms with Gasteiger partial charge >= 0.3 is 0 Å². The Morgan fingerprint density at radius 1 is 1.29 bits per heavy atom. The molecular weight excluding hydrogens is 306 g/mol. The highest BCUT2D eigenvalue weighted by Gasteiger charge is 2.14. The van der Waals surface area contributed by atoms with Crippen molar-refractivity contribution >= 4 is 5.78 Å². The van der Waals surface area contributed by atoms with Gasteiger partial charge in [-0.3, -0.25) is 4.79 Å². The Morgan fingerprint density at radius 3 is 2.50 bits per heavy atom. The Kier molecular flexibility index (Phi) is 7.87. The van der Waals surface area contributed by atoms with Crippen molar-refractivity contribution in [2.24, 2.45) is 0 Å². The van der Waals surface area contributed by atoms with E-state index in [2.05, 4.69) is 5.32 Å². The van der Waals surface area contributed by atoms with E-state index in [0.29, 0.717) is 24.5 Å². The van der Waals surface area contributed by atoms with Gasteiger partial charge in [-0.1, -0.05) is 0 Å². The van der Waals surface area contributed by atoms with Gasteiger partial charge in [0.25, 0.3) is 0 Å². The first-order chi connectivity index (χ1) is 11.1. The highest BCUT2D eigenvalue weighted by atomic mass is 16.5. The molecular formula is C19H31NO4. The maximum absolute atomic E-state index is 11.6. The van der Waals surface area contributed by atoms with Crippen molar-refractivity contribution in [1.29, 1.82) is 0 Å². The fraction of sp³-hybridized carbons (Fsp3) is 0.632. The minimum Gasteiger partial charge on any atom is -0.490 e. The number of β-amino-alcohol motifs (C(OH)–C–C–N with tert-alkyl or cyclic N) is 1. The molecule has 24 heavy (non-hydrogen) atoms. The summed E-state index contributed by atoms with van der Waals surface area (Å²) < 4.78 is 11.4. The summed E-state index contributed by atoms with van der Waals surface area (Å²) in [5.74, 6) is 0.636. The van der Waals surface area contributed by atoms with Crippen LogP contribution in [0.4, 0.5) is 0 Å². The van der Waals surface area contributed by atoms with E-state index >= 15 is 0 Å². The van der Waals surface area contributed by atoms with E-state index in [-0.39, 0.29) is 24.0 Å². The second-order valence-electron chi connectivity index (χ2n) is 7.33. The first kappa shape index (κ1) is 20.6. The molecule has 0 aromatic heterocycles. The zero-order chi connectivity index (χ0) is 18.3. The van der Waals surface area contributed by atoms with Crippen LogP contribution in [-0.4, -0.2) is 41.8 Å². The van der Waals surface area contributed by atoms with E-state index < -0.39 is 6.10 Å². The van der Waals surface area contributed by atoms with Gasteiger partial charge in [0.15, 0.2) is 5.78 Å². The van der Waals surface area contributed by atoms with Gasteiger partial charge in [0.2, 0.25) is 0 Å². The number of ketones is 1. The van der Waals surface area contributed by atoms with Crippen LogP contribution in [0.3, 0.4) is 0 Å². The van der Waals surface area contributed by atoms with E-state index in [1.54, 1.807) is 18.2 Å². The lowest BCUT2D eigenvalue weighted by atomic mass is 10.1. The molecule has 1 aromatic rings. The van der Waals surface area contributed by atoms with Crippen molar-refractivity contribution < 1.29 is 19.4 Å². The Hall–Kier alpha value is -1.43. The standard InChI is InChI=1S/C19H31NO4/c1-13(2)23-11-16-9-15(14(3)21)7-8-18(16)24-12-17(22)10-20-19(4,5)6/h7-9,13,17,20,22H,10-12H2,1-6H3. The van der Waals surface area contributed by atoms with Gasteiger partial charge in [0, 0.05) is 23.2 Å². The van der Waals surface area contributed by atoms with Crippen molar-refractivity contribution in [3.8, 4) is 5.75 Å². The molecule has 5 nitrogen and oxygen atoms in total. The minimum absolute atomic E-state index is 0.00163. The number of carbonyl (C=O) groups is 1. The smallest absolute Gasteiger partial charge is 0.159 e. The predicted molar refractivity (Wildman–Crippen MR) is 95.6 cm³/mol. The fourth-order valence-corrected chi connectivity index (χ4v) is 1.98. The van der Waals surface area contributed by atoms with E-state index in [9.17, 15) is 9.90 Å². The van der Waals surface area contributed by atoms with E-state index in [1.807, 2.05) is 34.6 Å². The number of aliphatic hydroxyl groups is 1. The predicted octanol–water partition coefficient (Wildman–Crippen LogP) is 2.94. The topological polar surface area (TPSA) is 67.8 Å². The van der Waals surface area contributed by atoms with Gasteiger partial charge in [0.1, 0.15) is 18.5 Å². The Morgan fingerprint density at radius 2 is 1.96 bits per heavy atom. The number of ether oxygens (including phenoxy) is 2. The highest BCUT2D eigenvalue weighted by molar-refractivity contribution is 5.94. The van der Waals surface area contributed by atoms with Crippen LogP contribution < -0.4 is 10.1 Å². The Balaban J connectivity index is 2.72. The number of nitrogens with one attached hydrogen (secondary N) is 1. The van der Waals surface area contributed by atoms with E-state index in [4.69, 9.17) is 9.47 Å². The maximum Gasteiger partial charge on any atom is 0.159 e. The molecule has 1 aromatic carbocycles. The molecule has 5 heteroatoms. The van der Waals surface area contributed by atoms with Gasteiger partial charge in [0.05, 0.1) is 12.7 Å². The number of hydrogen-bond donors (Lipinski definition) is 2. The van der Waals surface area contributed by atoms with Crippen LogP contribution >= 0.6 is 0 Å². The van der Waals surface area contributed by atoms with E-state index in [1.165, 1.54) is 6.92 Å². The van der Waals surface area contributed by atoms with E-state index in [0.717, 1.165) is 5.56 Å². The molecule has 0 aliphatic rings. The van der Waals surface area contributed by atoms with Crippen molar-refractivity contribution in [1.82, 2.24) is 5.32 Å². The number of hydrogen-bond acceptors (Lipinski definition) is 5. The lowest BCUT2D eigenvalue weighted by Crippen LogP contribution is -2.42. The summed E-state index contributed by atoms with van der Waals surface area (Å²) in [5, 5.41) is 13.3. The average molecular weight is 337 g/mol. The molecule has 1 rings (SSSR count). The molecule has 1 unspecified atom stereocenters. The summed E-state index contributed by atoms with van der Waals surface area (Å²) in [6, 6.07) is 5.29. The number of carbonyl (C=O) groups excluding carboxylic acids is 1.